The highest BCUT2D eigenvalue weighted by Gasteiger charge is 2.22. The molecule has 2 N–H and O–H groups in total. The number of carbonyl (C=O) groups is 2. The van der Waals surface area contributed by atoms with E-state index >= 15 is 0 Å². The van der Waals surface area contributed by atoms with Crippen LogP contribution in [0.15, 0.2) is 12.1 Å². The third kappa shape index (κ3) is 3.68. The van der Waals surface area contributed by atoms with Crippen LogP contribution in [0, 0.1) is 0 Å². The van der Waals surface area contributed by atoms with E-state index in [0.29, 0.717) is 28.8 Å². The second kappa shape index (κ2) is 7.19. The Bertz CT molecular complexity index is 641. The number of nitrogens with one attached hydrogen (secondary N) is 2. The van der Waals surface area contributed by atoms with Crippen LogP contribution in [0.1, 0.15) is 30.1 Å². The van der Waals surface area contributed by atoms with Crippen molar-refractivity contribution in [2.45, 2.75) is 25.8 Å². The van der Waals surface area contributed by atoms with E-state index in [1.165, 1.54) is 6.92 Å². The maximum absolute atomic E-state index is 12.4. The van der Waals surface area contributed by atoms with Crippen molar-refractivity contribution in [1.29, 1.82) is 0 Å². The molecule has 0 aromatic heterocycles. The van der Waals surface area contributed by atoms with Crippen LogP contribution < -0.4 is 20.1 Å². The molecule has 0 unspecified atom stereocenters. The Hall–Kier alpha value is -2.12. The standard InChI is InChI=1S/C17H23N3O4/c1-11(21)13-7-15-16(24-10-23-15)8-14(13)19-17(22)9-20(2)12-3-5-18-6-4-12/h7-8,12,18H,3-6,9-10H2,1-2H3,(H,19,22). The van der Waals surface area contributed by atoms with Gasteiger partial charge in [-0.25, -0.2) is 0 Å². The number of benzene rings is 1. The summed E-state index contributed by atoms with van der Waals surface area (Å²) in [6, 6.07) is 3.68. The molecular formula is C17H23N3O4. The van der Waals surface area contributed by atoms with E-state index in [0.717, 1.165) is 25.9 Å². The van der Waals surface area contributed by atoms with Gasteiger partial charge >= 0.3 is 0 Å². The average molecular weight is 333 g/mol. The second-order valence-corrected chi connectivity index (χ2v) is 6.25. The predicted octanol–water partition coefficient (Wildman–Crippen LogP) is 1.24. The number of hydrogen-bond donors (Lipinski definition) is 2. The number of anilines is 1. The largest absolute Gasteiger partial charge is 0.454 e. The number of nitrogens with zero attached hydrogens (tertiary/aromatic N) is 1. The molecule has 7 heteroatoms. The Kier molecular flexibility index (Phi) is 5.01. The van der Waals surface area contributed by atoms with E-state index in [2.05, 4.69) is 15.5 Å². The highest BCUT2D eigenvalue weighted by molar-refractivity contribution is 6.05. The van der Waals surface area contributed by atoms with Crippen LogP contribution in [0.3, 0.4) is 0 Å². The molecule has 1 fully saturated rings. The molecule has 130 valence electrons. The molecule has 0 bridgehead atoms. The first kappa shape index (κ1) is 16.7. The monoisotopic (exact) mass is 333 g/mol. The van der Waals surface area contributed by atoms with Gasteiger partial charge in [-0.2, -0.15) is 0 Å². The van der Waals surface area contributed by atoms with E-state index in [1.54, 1.807) is 12.1 Å². The molecule has 7 nitrogen and oxygen atoms in total. The van der Waals surface area contributed by atoms with Gasteiger partial charge in [0.2, 0.25) is 12.7 Å². The van der Waals surface area contributed by atoms with Crippen molar-refractivity contribution >= 4 is 17.4 Å². The quantitative estimate of drug-likeness (QED) is 0.789. The average Bonchev–Trinajstić information content (AvgIpc) is 3.02. The summed E-state index contributed by atoms with van der Waals surface area (Å²) in [5, 5.41) is 6.16. The van der Waals surface area contributed by atoms with Gasteiger partial charge in [-0.05, 0) is 46.0 Å². The lowest BCUT2D eigenvalue weighted by Crippen LogP contribution is -2.44. The van der Waals surface area contributed by atoms with Crippen LogP contribution in [0.5, 0.6) is 11.5 Å². The summed E-state index contributed by atoms with van der Waals surface area (Å²) in [5.41, 5.74) is 0.896. The number of carbonyl (C=O) groups excluding carboxylic acids is 2. The minimum absolute atomic E-state index is 0.128. The SMILES string of the molecule is CC(=O)c1cc2c(cc1NC(=O)CN(C)C1CCNCC1)OCO2. The molecule has 2 heterocycles. The second-order valence-electron chi connectivity index (χ2n) is 6.25. The molecule has 1 aromatic rings. The number of ether oxygens (including phenoxy) is 2. The summed E-state index contributed by atoms with van der Waals surface area (Å²) in [6.45, 7) is 3.84. The van der Waals surface area contributed by atoms with Crippen molar-refractivity contribution in [2.75, 3.05) is 38.8 Å². The van der Waals surface area contributed by atoms with Gasteiger partial charge < -0.3 is 20.1 Å². The van der Waals surface area contributed by atoms with Crippen LogP contribution in [-0.4, -0.2) is 56.1 Å². The topological polar surface area (TPSA) is 79.9 Å². The molecule has 1 amide bonds. The molecule has 0 radical (unpaired) electrons. The smallest absolute Gasteiger partial charge is 0.238 e. The molecule has 0 saturated carbocycles. The van der Waals surface area contributed by atoms with Crippen molar-refractivity contribution in [3.05, 3.63) is 17.7 Å². The highest BCUT2D eigenvalue weighted by atomic mass is 16.7. The summed E-state index contributed by atoms with van der Waals surface area (Å²) < 4.78 is 10.6. The number of rotatable bonds is 5. The molecule has 0 spiro atoms. The van der Waals surface area contributed by atoms with Crippen LogP contribution in [-0.2, 0) is 4.79 Å². The zero-order valence-corrected chi connectivity index (χ0v) is 14.1. The van der Waals surface area contributed by atoms with Gasteiger partial charge in [-0.1, -0.05) is 0 Å². The number of fused-ring (bicyclic) bond motifs is 1. The van der Waals surface area contributed by atoms with Crippen LogP contribution >= 0.6 is 0 Å². The molecule has 3 rings (SSSR count). The van der Waals surface area contributed by atoms with Gasteiger partial charge in [-0.3, -0.25) is 14.5 Å². The van der Waals surface area contributed by atoms with Gasteiger partial charge in [0.25, 0.3) is 0 Å². The fourth-order valence-electron chi connectivity index (χ4n) is 3.13. The zero-order valence-electron chi connectivity index (χ0n) is 14.1. The lowest BCUT2D eigenvalue weighted by atomic mass is 10.1. The minimum atomic E-state index is -0.141. The number of hydrogen-bond acceptors (Lipinski definition) is 6. The Morgan fingerprint density at radius 3 is 2.58 bits per heavy atom. The number of piperidine rings is 1. The molecule has 1 saturated heterocycles. The highest BCUT2D eigenvalue weighted by Crippen LogP contribution is 2.37. The van der Waals surface area contributed by atoms with Crippen molar-refractivity contribution < 1.29 is 19.1 Å². The minimum Gasteiger partial charge on any atom is -0.454 e. The number of likely N-dealkylation sites (N-methyl/N-ethyl adjacent to an activating group) is 1. The summed E-state index contributed by atoms with van der Waals surface area (Å²) in [5.74, 6) is 0.805. The third-order valence-electron chi connectivity index (χ3n) is 4.49. The Balaban J connectivity index is 1.68. The third-order valence-corrected chi connectivity index (χ3v) is 4.49. The molecule has 2 aliphatic rings. The molecule has 24 heavy (non-hydrogen) atoms. The maximum Gasteiger partial charge on any atom is 0.238 e. The van der Waals surface area contributed by atoms with Crippen LogP contribution in [0.2, 0.25) is 0 Å². The fraction of sp³-hybridized carbons (Fsp3) is 0.529. The Morgan fingerprint density at radius 1 is 1.25 bits per heavy atom. The number of Topliss-reactive ketones (excluding diaryl/α,β-unsaturated/α-hetero) is 1. The molecular weight excluding hydrogens is 310 g/mol. The predicted molar refractivity (Wildman–Crippen MR) is 89.7 cm³/mol. The Morgan fingerprint density at radius 2 is 1.92 bits per heavy atom. The Labute approximate surface area is 141 Å². The fourth-order valence-corrected chi connectivity index (χ4v) is 3.13. The normalized spacial score (nSPS) is 17.1. The van der Waals surface area contributed by atoms with Gasteiger partial charge in [-0.15, -0.1) is 0 Å². The molecule has 1 aromatic carbocycles. The number of ketones is 1. The van der Waals surface area contributed by atoms with E-state index in [1.807, 2.05) is 7.05 Å². The lowest BCUT2D eigenvalue weighted by molar-refractivity contribution is -0.117. The van der Waals surface area contributed by atoms with Crippen LogP contribution in [0.4, 0.5) is 5.69 Å². The van der Waals surface area contributed by atoms with E-state index in [9.17, 15) is 9.59 Å². The molecule has 0 atom stereocenters. The lowest BCUT2D eigenvalue weighted by Gasteiger charge is -2.31. The first-order chi connectivity index (χ1) is 11.5. The van der Waals surface area contributed by atoms with Crippen molar-refractivity contribution in [3.8, 4) is 11.5 Å². The molecule has 2 aliphatic heterocycles. The summed E-state index contributed by atoms with van der Waals surface area (Å²) >= 11 is 0. The van der Waals surface area contributed by atoms with Gasteiger partial charge in [0.1, 0.15) is 0 Å². The van der Waals surface area contributed by atoms with Crippen molar-refractivity contribution in [2.24, 2.45) is 0 Å². The first-order valence-electron chi connectivity index (χ1n) is 8.20. The van der Waals surface area contributed by atoms with Gasteiger partial charge in [0.05, 0.1) is 12.2 Å². The summed E-state index contributed by atoms with van der Waals surface area (Å²) in [7, 11) is 1.96. The summed E-state index contributed by atoms with van der Waals surface area (Å²) in [6.07, 6.45) is 2.07. The first-order valence-corrected chi connectivity index (χ1v) is 8.20. The summed E-state index contributed by atoms with van der Waals surface area (Å²) in [4.78, 5) is 26.3. The molecule has 0 aliphatic carbocycles. The van der Waals surface area contributed by atoms with Crippen molar-refractivity contribution in [3.63, 3.8) is 0 Å². The number of amides is 1. The van der Waals surface area contributed by atoms with E-state index in [-0.39, 0.29) is 25.0 Å². The van der Waals surface area contributed by atoms with Crippen molar-refractivity contribution in [1.82, 2.24) is 10.2 Å². The van der Waals surface area contributed by atoms with Crippen LogP contribution in [0.25, 0.3) is 0 Å². The zero-order chi connectivity index (χ0) is 17.1. The van der Waals surface area contributed by atoms with Gasteiger partial charge in [0.15, 0.2) is 17.3 Å². The maximum atomic E-state index is 12.4. The van der Waals surface area contributed by atoms with Gasteiger partial charge in [0, 0.05) is 17.7 Å². The van der Waals surface area contributed by atoms with E-state index < -0.39 is 0 Å². The van der Waals surface area contributed by atoms with E-state index in [4.69, 9.17) is 9.47 Å².